The molecule has 2 N–H and O–H groups in total. The normalized spacial score (nSPS) is 10.0. The van der Waals surface area contributed by atoms with Crippen molar-refractivity contribution in [2.45, 2.75) is 0 Å². The van der Waals surface area contributed by atoms with E-state index in [2.05, 4.69) is 0 Å². The number of esters is 1. The number of ether oxygens (including phenoxy) is 3. The molecule has 6 heteroatoms. The number of benzene rings is 2. The average molecular weight is 315 g/mol. The first-order chi connectivity index (χ1) is 11.1. The van der Waals surface area contributed by atoms with Crippen LogP contribution in [0.2, 0.25) is 0 Å². The molecule has 0 saturated carbocycles. The molecule has 0 fully saturated rings. The van der Waals surface area contributed by atoms with Crippen molar-refractivity contribution in [3.8, 4) is 11.5 Å². The van der Waals surface area contributed by atoms with Crippen molar-refractivity contribution < 1.29 is 23.8 Å². The molecule has 2 aromatic carbocycles. The van der Waals surface area contributed by atoms with Crippen LogP contribution in [0.25, 0.3) is 0 Å². The van der Waals surface area contributed by atoms with Gasteiger partial charge in [-0.3, -0.25) is 4.79 Å². The Bertz CT molecular complexity index is 727. The smallest absolute Gasteiger partial charge is 0.338 e. The summed E-state index contributed by atoms with van der Waals surface area (Å²) in [6.07, 6.45) is 0. The van der Waals surface area contributed by atoms with Crippen molar-refractivity contribution in [1.29, 1.82) is 0 Å². The number of anilines is 1. The maximum absolute atomic E-state index is 12.1. The van der Waals surface area contributed by atoms with Gasteiger partial charge in [0.15, 0.2) is 6.61 Å². The van der Waals surface area contributed by atoms with Crippen molar-refractivity contribution in [3.05, 3.63) is 53.6 Å². The van der Waals surface area contributed by atoms with E-state index < -0.39 is 5.97 Å². The molecule has 0 aromatic heterocycles. The molecule has 2 aromatic rings. The molecule has 0 aliphatic rings. The summed E-state index contributed by atoms with van der Waals surface area (Å²) in [5.74, 6) is -0.0891. The van der Waals surface area contributed by atoms with Gasteiger partial charge >= 0.3 is 5.97 Å². The molecule has 0 heterocycles. The van der Waals surface area contributed by atoms with Gasteiger partial charge in [-0.15, -0.1) is 0 Å². The van der Waals surface area contributed by atoms with Crippen LogP contribution < -0.4 is 15.2 Å². The first kappa shape index (κ1) is 16.4. The zero-order valence-electron chi connectivity index (χ0n) is 12.9. The van der Waals surface area contributed by atoms with Gasteiger partial charge in [-0.1, -0.05) is 12.1 Å². The number of hydrogen-bond acceptors (Lipinski definition) is 6. The number of hydrogen-bond donors (Lipinski definition) is 1. The highest BCUT2D eigenvalue weighted by Gasteiger charge is 2.15. The molecular formula is C17H17NO5. The number of nitrogen functional groups attached to an aromatic ring is 1. The molecule has 0 unspecified atom stereocenters. The van der Waals surface area contributed by atoms with Crippen LogP contribution in [0.4, 0.5) is 5.69 Å². The summed E-state index contributed by atoms with van der Waals surface area (Å²) in [7, 11) is 2.95. The Morgan fingerprint density at radius 1 is 1.00 bits per heavy atom. The zero-order chi connectivity index (χ0) is 16.8. The molecule has 0 bridgehead atoms. The Morgan fingerprint density at radius 3 is 2.35 bits per heavy atom. The van der Waals surface area contributed by atoms with E-state index in [4.69, 9.17) is 19.9 Å². The Hall–Kier alpha value is -3.02. The number of carbonyl (C=O) groups is 2. The number of carbonyl (C=O) groups excluding carboxylic acids is 2. The first-order valence-corrected chi connectivity index (χ1v) is 6.83. The second-order valence-corrected chi connectivity index (χ2v) is 4.66. The molecule has 0 amide bonds. The van der Waals surface area contributed by atoms with Crippen LogP contribution in [0.5, 0.6) is 11.5 Å². The molecule has 120 valence electrons. The Morgan fingerprint density at radius 2 is 1.70 bits per heavy atom. The van der Waals surface area contributed by atoms with Gasteiger partial charge in [0.1, 0.15) is 11.5 Å². The van der Waals surface area contributed by atoms with Crippen LogP contribution in [0.1, 0.15) is 20.7 Å². The van der Waals surface area contributed by atoms with E-state index >= 15 is 0 Å². The predicted molar refractivity (Wildman–Crippen MR) is 85.0 cm³/mol. The van der Waals surface area contributed by atoms with Crippen LogP contribution in [0.3, 0.4) is 0 Å². The van der Waals surface area contributed by atoms with Crippen molar-refractivity contribution in [3.63, 3.8) is 0 Å². The molecule has 0 radical (unpaired) electrons. The summed E-state index contributed by atoms with van der Waals surface area (Å²) in [4.78, 5) is 24.1. The largest absolute Gasteiger partial charge is 0.496 e. The Kier molecular flexibility index (Phi) is 5.19. The van der Waals surface area contributed by atoms with E-state index in [1.165, 1.54) is 26.4 Å². The van der Waals surface area contributed by atoms with Crippen LogP contribution in [0.15, 0.2) is 42.5 Å². The predicted octanol–water partition coefficient (Wildman–Crippen LogP) is 2.33. The number of para-hydroxylation sites is 1. The third kappa shape index (κ3) is 3.79. The monoisotopic (exact) mass is 315 g/mol. The van der Waals surface area contributed by atoms with Crippen molar-refractivity contribution in [2.75, 3.05) is 26.6 Å². The molecule has 0 atom stereocenters. The molecular weight excluding hydrogens is 298 g/mol. The summed E-state index contributed by atoms with van der Waals surface area (Å²) in [5.41, 5.74) is 6.66. The number of ketones is 1. The van der Waals surface area contributed by atoms with Gasteiger partial charge in [0, 0.05) is 0 Å². The van der Waals surface area contributed by atoms with Crippen molar-refractivity contribution in [1.82, 2.24) is 0 Å². The van der Waals surface area contributed by atoms with E-state index in [1.807, 2.05) is 0 Å². The molecule has 0 aliphatic carbocycles. The van der Waals surface area contributed by atoms with Gasteiger partial charge in [-0.05, 0) is 30.3 Å². The second-order valence-electron chi connectivity index (χ2n) is 4.66. The number of Topliss-reactive ketones (excluding diaryl/α,β-unsaturated/α-hetero) is 1. The third-order valence-corrected chi connectivity index (χ3v) is 3.21. The second kappa shape index (κ2) is 7.31. The lowest BCUT2D eigenvalue weighted by atomic mass is 10.1. The Balaban J connectivity index is 2.04. The van der Waals surface area contributed by atoms with Crippen LogP contribution >= 0.6 is 0 Å². The fourth-order valence-corrected chi connectivity index (χ4v) is 2.03. The molecule has 2 rings (SSSR count). The summed E-state index contributed by atoms with van der Waals surface area (Å²) >= 11 is 0. The van der Waals surface area contributed by atoms with Crippen molar-refractivity contribution >= 4 is 17.4 Å². The van der Waals surface area contributed by atoms with Crippen molar-refractivity contribution in [2.24, 2.45) is 0 Å². The van der Waals surface area contributed by atoms with Gasteiger partial charge in [0.25, 0.3) is 0 Å². The molecule has 23 heavy (non-hydrogen) atoms. The summed E-state index contributed by atoms with van der Waals surface area (Å²) < 4.78 is 15.2. The third-order valence-electron chi connectivity index (χ3n) is 3.21. The highest BCUT2D eigenvalue weighted by Crippen LogP contribution is 2.22. The molecule has 0 saturated heterocycles. The number of methoxy groups -OCH3 is 2. The number of rotatable bonds is 6. The van der Waals surface area contributed by atoms with Gasteiger partial charge < -0.3 is 19.9 Å². The first-order valence-electron chi connectivity index (χ1n) is 6.83. The molecule has 0 aliphatic heterocycles. The standard InChI is InChI=1S/C17H17NO5/c1-21-15-6-4-3-5-12(15)14(19)10-23-17(20)11-7-8-16(22-2)13(18)9-11/h3-9H,10,18H2,1-2H3. The minimum Gasteiger partial charge on any atom is -0.496 e. The quantitative estimate of drug-likeness (QED) is 0.500. The van der Waals surface area contributed by atoms with Crippen LogP contribution in [0, 0.1) is 0 Å². The lowest BCUT2D eigenvalue weighted by Crippen LogP contribution is -2.15. The van der Waals surface area contributed by atoms with E-state index in [1.54, 1.807) is 30.3 Å². The highest BCUT2D eigenvalue weighted by molar-refractivity contribution is 6.01. The lowest BCUT2D eigenvalue weighted by molar-refractivity contribution is 0.0474. The summed E-state index contributed by atoms with van der Waals surface area (Å²) in [6, 6.07) is 11.3. The minimum atomic E-state index is -0.636. The summed E-state index contributed by atoms with van der Waals surface area (Å²) in [6.45, 7) is -0.384. The van der Waals surface area contributed by atoms with Gasteiger partial charge in [0.05, 0.1) is 31.0 Å². The zero-order valence-corrected chi connectivity index (χ0v) is 12.9. The Labute approximate surface area is 133 Å². The van der Waals surface area contributed by atoms with Crippen LogP contribution in [-0.2, 0) is 4.74 Å². The van der Waals surface area contributed by atoms with E-state index in [0.717, 1.165) is 0 Å². The molecule has 0 spiro atoms. The topological polar surface area (TPSA) is 87.8 Å². The SMILES string of the molecule is COc1ccc(C(=O)OCC(=O)c2ccccc2OC)cc1N. The maximum atomic E-state index is 12.1. The average Bonchev–Trinajstić information content (AvgIpc) is 2.59. The molecule has 6 nitrogen and oxygen atoms in total. The van der Waals surface area contributed by atoms with E-state index in [-0.39, 0.29) is 18.0 Å². The lowest BCUT2D eigenvalue weighted by Gasteiger charge is -2.09. The van der Waals surface area contributed by atoms with Gasteiger partial charge in [0.2, 0.25) is 5.78 Å². The minimum absolute atomic E-state index is 0.246. The fraction of sp³-hybridized carbons (Fsp3) is 0.176. The fourth-order valence-electron chi connectivity index (χ4n) is 2.03. The maximum Gasteiger partial charge on any atom is 0.338 e. The van der Waals surface area contributed by atoms with E-state index in [0.29, 0.717) is 22.7 Å². The number of nitrogens with two attached hydrogens (primary N) is 1. The van der Waals surface area contributed by atoms with E-state index in [9.17, 15) is 9.59 Å². The summed E-state index contributed by atoms with van der Waals surface area (Å²) in [5, 5.41) is 0. The van der Waals surface area contributed by atoms with Gasteiger partial charge in [-0.2, -0.15) is 0 Å². The van der Waals surface area contributed by atoms with Crippen LogP contribution in [-0.4, -0.2) is 32.6 Å². The highest BCUT2D eigenvalue weighted by atomic mass is 16.5. The van der Waals surface area contributed by atoms with Gasteiger partial charge in [-0.25, -0.2) is 4.79 Å².